The number of hydrogen-bond donors (Lipinski definition) is 2. The van der Waals surface area contributed by atoms with Gasteiger partial charge in [-0.05, 0) is 66.3 Å². The molecule has 3 heterocycles. The number of aliphatic hydroxyl groups excluding tert-OH is 1. The topological polar surface area (TPSA) is 138 Å². The quantitative estimate of drug-likeness (QED) is 0.195. The summed E-state index contributed by atoms with van der Waals surface area (Å²) in [5.41, 5.74) is 7.44. The minimum Gasteiger partial charge on any atom is -0.512 e. The number of carbonyl (C=O) groups excluding carboxylic acids is 1. The average Bonchev–Trinajstić information content (AvgIpc) is 3.56. The molecule has 6 rings (SSSR count). The van der Waals surface area contributed by atoms with Crippen LogP contribution in [0.2, 0.25) is 5.02 Å². The van der Waals surface area contributed by atoms with Crippen LogP contribution < -0.4 is 16.5 Å². The van der Waals surface area contributed by atoms with Gasteiger partial charge in [-0.1, -0.05) is 84.3 Å². The van der Waals surface area contributed by atoms with Gasteiger partial charge in [0.05, 0.1) is 0 Å². The van der Waals surface area contributed by atoms with Gasteiger partial charge in [0.2, 0.25) is 0 Å². The Bertz CT molecular complexity index is 2100. The molecule has 5 aromatic rings. The zero-order chi connectivity index (χ0) is 34.9. The monoisotopic (exact) mass is 670 g/mol. The highest BCUT2D eigenvalue weighted by Crippen LogP contribution is 2.50. The van der Waals surface area contributed by atoms with E-state index in [2.05, 4.69) is 53.5 Å². The van der Waals surface area contributed by atoms with Crippen LogP contribution in [0.3, 0.4) is 0 Å². The summed E-state index contributed by atoms with van der Waals surface area (Å²) >= 11 is 6.31. The van der Waals surface area contributed by atoms with Gasteiger partial charge in [-0.3, -0.25) is 4.79 Å². The van der Waals surface area contributed by atoms with Crippen molar-refractivity contribution in [3.63, 3.8) is 0 Å². The normalized spacial score (nSPS) is 21.1. The maximum atomic E-state index is 14.9. The highest BCUT2D eigenvalue weighted by atomic mass is 35.5. The summed E-state index contributed by atoms with van der Waals surface area (Å²) in [5, 5.41) is 20.3. The molecule has 3 aromatic heterocycles. The maximum Gasteiger partial charge on any atom is 0.343 e. The van der Waals surface area contributed by atoms with E-state index in [0.717, 1.165) is 12.8 Å². The van der Waals surface area contributed by atoms with E-state index >= 15 is 0 Å². The Kier molecular flexibility index (Phi) is 8.30. The van der Waals surface area contributed by atoms with Crippen molar-refractivity contribution in [1.29, 1.82) is 0 Å². The van der Waals surface area contributed by atoms with Crippen LogP contribution in [0.5, 0.6) is 0 Å². The summed E-state index contributed by atoms with van der Waals surface area (Å²) in [6.07, 6.45) is 1.41. The molecule has 11 heteroatoms. The van der Waals surface area contributed by atoms with Gasteiger partial charge in [0.1, 0.15) is 39.5 Å². The van der Waals surface area contributed by atoms with Crippen molar-refractivity contribution in [1.82, 2.24) is 24.4 Å². The number of ether oxygens (including phenoxy) is 1. The van der Waals surface area contributed by atoms with Crippen molar-refractivity contribution in [3.05, 3.63) is 74.7 Å². The summed E-state index contributed by atoms with van der Waals surface area (Å²) in [4.78, 5) is 35.1. The number of carbonyl (C=O) groups is 1. The third kappa shape index (κ3) is 5.80. The second kappa shape index (κ2) is 11.9. The first-order chi connectivity index (χ1) is 22.5. The Balaban J connectivity index is 1.69. The van der Waals surface area contributed by atoms with Crippen LogP contribution in [0.25, 0.3) is 39.4 Å². The Hall–Kier alpha value is -4.44. The molecule has 1 aliphatic carbocycles. The largest absolute Gasteiger partial charge is 0.512 e. The Morgan fingerprint density at radius 3 is 2.00 bits per heavy atom. The van der Waals surface area contributed by atoms with Gasteiger partial charge in [0.25, 0.3) is 5.56 Å². The van der Waals surface area contributed by atoms with E-state index in [1.807, 2.05) is 12.1 Å². The van der Waals surface area contributed by atoms with E-state index in [9.17, 15) is 14.7 Å². The lowest BCUT2D eigenvalue weighted by Gasteiger charge is -2.50. The van der Waals surface area contributed by atoms with E-state index in [1.54, 1.807) is 36.4 Å². The molecule has 2 aromatic carbocycles. The SMILES string of the molecule is CC(O)=c1c(N)nc2c(C(=O)OC3C(C(C)(C)C)CC(C)CC3C(C)(C)C)c(-c3ccc(Cl)cc3)c(-n3nc4ccccc4n3)n2c1=O. The molecule has 0 spiro atoms. The summed E-state index contributed by atoms with van der Waals surface area (Å²) < 4.78 is 7.94. The predicted octanol–water partition coefficient (Wildman–Crippen LogP) is 7.02. The Labute approximate surface area is 284 Å². The molecule has 10 nitrogen and oxygen atoms in total. The highest BCUT2D eigenvalue weighted by Gasteiger charge is 2.48. The maximum absolute atomic E-state index is 14.9. The summed E-state index contributed by atoms with van der Waals surface area (Å²) in [6.45, 7) is 16.8. The van der Waals surface area contributed by atoms with Crippen molar-refractivity contribution >= 4 is 45.8 Å². The summed E-state index contributed by atoms with van der Waals surface area (Å²) in [5.74, 6) is -0.379. The van der Waals surface area contributed by atoms with Crippen LogP contribution in [0.1, 0.15) is 78.6 Å². The molecule has 1 aliphatic rings. The smallest absolute Gasteiger partial charge is 0.343 e. The van der Waals surface area contributed by atoms with E-state index in [-0.39, 0.29) is 56.5 Å². The van der Waals surface area contributed by atoms with E-state index in [1.165, 1.54) is 16.1 Å². The number of esters is 1. The molecule has 0 aliphatic heterocycles. The third-order valence-corrected chi connectivity index (χ3v) is 10.0. The number of nitrogen functional groups attached to an aromatic ring is 1. The molecule has 48 heavy (non-hydrogen) atoms. The number of hydrogen-bond acceptors (Lipinski definition) is 8. The molecular formula is C37H43ClN6O4. The summed E-state index contributed by atoms with van der Waals surface area (Å²) in [7, 11) is 0. The lowest BCUT2D eigenvalue weighted by Crippen LogP contribution is -2.49. The van der Waals surface area contributed by atoms with Crippen molar-refractivity contribution < 1.29 is 14.6 Å². The average molecular weight is 671 g/mol. The number of nitrogens with two attached hydrogens (primary N) is 1. The zero-order valence-electron chi connectivity index (χ0n) is 28.7. The van der Waals surface area contributed by atoms with E-state index in [0.29, 0.717) is 33.1 Å². The Morgan fingerprint density at radius 2 is 1.50 bits per heavy atom. The number of aliphatic hydroxyl groups is 1. The second-order valence-corrected chi connectivity index (χ2v) is 15.8. The fraction of sp³-hybridized carbons (Fsp3) is 0.432. The van der Waals surface area contributed by atoms with Crippen LogP contribution in [0.4, 0.5) is 5.82 Å². The zero-order valence-corrected chi connectivity index (χ0v) is 29.5. The predicted molar refractivity (Wildman–Crippen MR) is 189 cm³/mol. The first-order valence-corrected chi connectivity index (χ1v) is 16.7. The van der Waals surface area contributed by atoms with Gasteiger partial charge in [0, 0.05) is 22.4 Å². The molecule has 1 fully saturated rings. The van der Waals surface area contributed by atoms with Gasteiger partial charge >= 0.3 is 5.97 Å². The first-order valence-electron chi connectivity index (χ1n) is 16.3. The van der Waals surface area contributed by atoms with Crippen molar-refractivity contribution in [2.24, 2.45) is 28.6 Å². The van der Waals surface area contributed by atoms with Crippen LogP contribution in [0.15, 0.2) is 53.3 Å². The molecule has 252 valence electrons. The minimum atomic E-state index is -0.672. The standard InChI is InChI=1S/C37H43ClN6O4/c1-19-17-23(36(3,4)5)30(24(18-19)37(6,7)8)48-35(47)29-28(21-13-15-22(38)16-14-21)33(44-41-25-11-9-10-12-26(25)42-44)43-32(29)40-31(39)27(20(2)45)34(43)46/h9-16,19,23-24,30,45H,17-18H2,1-8H3,(H2,39,40). The van der Waals surface area contributed by atoms with Crippen molar-refractivity contribution in [2.45, 2.75) is 74.3 Å². The van der Waals surface area contributed by atoms with Crippen LogP contribution in [0, 0.1) is 28.6 Å². The van der Waals surface area contributed by atoms with Crippen LogP contribution >= 0.6 is 11.6 Å². The van der Waals surface area contributed by atoms with E-state index in [4.69, 9.17) is 32.3 Å². The van der Waals surface area contributed by atoms with Crippen molar-refractivity contribution in [3.8, 4) is 16.9 Å². The fourth-order valence-corrected chi connectivity index (χ4v) is 7.48. The number of nitrogens with zero attached hydrogens (tertiary/aromatic N) is 5. The first kappa shape index (κ1) is 33.5. The van der Waals surface area contributed by atoms with Gasteiger partial charge in [0.15, 0.2) is 11.5 Å². The Morgan fingerprint density at radius 1 is 0.958 bits per heavy atom. The molecule has 0 bridgehead atoms. The van der Waals surface area contributed by atoms with E-state index < -0.39 is 17.6 Å². The molecular weight excluding hydrogens is 628 g/mol. The summed E-state index contributed by atoms with van der Waals surface area (Å²) in [6, 6.07) is 14.2. The molecule has 0 saturated heterocycles. The number of halogens is 1. The fourth-order valence-electron chi connectivity index (χ4n) is 7.36. The lowest BCUT2D eigenvalue weighted by molar-refractivity contribution is -0.0922. The van der Waals surface area contributed by atoms with Crippen LogP contribution in [-0.2, 0) is 4.74 Å². The molecule has 0 amide bonds. The molecule has 3 N–H and O–H groups in total. The number of anilines is 1. The number of aromatic nitrogens is 5. The van der Waals surface area contributed by atoms with Crippen LogP contribution in [-0.4, -0.2) is 41.6 Å². The van der Waals surface area contributed by atoms with Gasteiger partial charge < -0.3 is 15.6 Å². The van der Waals surface area contributed by atoms with Gasteiger partial charge in [-0.2, -0.15) is 0 Å². The third-order valence-electron chi connectivity index (χ3n) is 9.77. The van der Waals surface area contributed by atoms with Gasteiger partial charge in [-0.25, -0.2) is 14.2 Å². The number of rotatable bonds is 4. The van der Waals surface area contributed by atoms with Crippen molar-refractivity contribution in [2.75, 3.05) is 5.73 Å². The number of benzene rings is 2. The minimum absolute atomic E-state index is 0.0161. The molecule has 2 unspecified atom stereocenters. The molecule has 0 radical (unpaired) electrons. The lowest BCUT2D eigenvalue weighted by atomic mass is 9.59. The van der Waals surface area contributed by atoms with Gasteiger partial charge in [-0.15, -0.1) is 15.0 Å². The second-order valence-electron chi connectivity index (χ2n) is 15.4. The molecule has 1 saturated carbocycles. The molecule has 2 atom stereocenters. The number of fused-ring (bicyclic) bond motifs is 2. The highest BCUT2D eigenvalue weighted by molar-refractivity contribution is 6.30.